The Morgan fingerprint density at radius 3 is 2.52 bits per heavy atom. The first-order valence-electron chi connectivity index (χ1n) is 8.27. The average molecular weight is 329 g/mol. The van der Waals surface area contributed by atoms with Gasteiger partial charge in [0.05, 0.1) is 11.8 Å². The average Bonchev–Trinajstić information content (AvgIpc) is 2.84. The van der Waals surface area contributed by atoms with Crippen molar-refractivity contribution < 1.29 is 0 Å². The summed E-state index contributed by atoms with van der Waals surface area (Å²) in [7, 11) is 0. The molecule has 0 saturated carbocycles. The van der Waals surface area contributed by atoms with E-state index in [0.29, 0.717) is 17.3 Å². The second-order valence-electron chi connectivity index (χ2n) is 6.19. The predicted octanol–water partition coefficient (Wildman–Crippen LogP) is 4.04. The Morgan fingerprint density at radius 2 is 1.76 bits per heavy atom. The fraction of sp³-hybridized carbons (Fsp3) is 0.150. The highest BCUT2D eigenvalue weighted by atomic mass is 15.1. The summed E-state index contributed by atoms with van der Waals surface area (Å²) in [6, 6.07) is 18.8. The first kappa shape index (κ1) is 15.3. The molecule has 2 aromatic carbocycles. The molecule has 0 radical (unpaired) electrons. The van der Waals surface area contributed by atoms with E-state index in [1.165, 1.54) is 17.5 Å². The van der Waals surface area contributed by atoms with Gasteiger partial charge in [-0.05, 0) is 18.1 Å². The molecule has 5 heteroatoms. The van der Waals surface area contributed by atoms with E-state index in [4.69, 9.17) is 10.7 Å². The first-order valence-corrected chi connectivity index (χ1v) is 8.27. The van der Waals surface area contributed by atoms with Crippen LogP contribution >= 0.6 is 0 Å². The monoisotopic (exact) mass is 329 g/mol. The molecule has 2 heterocycles. The summed E-state index contributed by atoms with van der Waals surface area (Å²) in [4.78, 5) is 13.3. The lowest BCUT2D eigenvalue weighted by molar-refractivity contribution is 0.821. The third kappa shape index (κ3) is 3.08. The largest absolute Gasteiger partial charge is 0.382 e. The van der Waals surface area contributed by atoms with Gasteiger partial charge in [-0.3, -0.25) is 0 Å². The Hall–Kier alpha value is -3.21. The van der Waals surface area contributed by atoms with Crippen molar-refractivity contribution in [3.63, 3.8) is 0 Å². The zero-order valence-corrected chi connectivity index (χ0v) is 14.0. The van der Waals surface area contributed by atoms with Crippen LogP contribution in [-0.2, 0) is 0 Å². The van der Waals surface area contributed by atoms with Gasteiger partial charge in [0.2, 0.25) is 0 Å². The number of fused-ring (bicyclic) bond motifs is 1. The summed E-state index contributed by atoms with van der Waals surface area (Å²) in [5, 5.41) is 3.48. The zero-order valence-electron chi connectivity index (χ0n) is 14.0. The Kier molecular flexibility index (Phi) is 3.90. The minimum absolute atomic E-state index is 0.0665. The smallest absolute Gasteiger partial charge is 0.158 e. The Balaban J connectivity index is 1.83. The molecule has 4 rings (SSSR count). The van der Waals surface area contributed by atoms with E-state index in [-0.39, 0.29) is 6.04 Å². The van der Waals surface area contributed by atoms with Crippen molar-refractivity contribution >= 4 is 23.0 Å². The molecule has 5 nitrogen and oxygen atoms in total. The number of hydrogen-bond donors (Lipinski definition) is 2. The summed E-state index contributed by atoms with van der Waals surface area (Å²) in [6.07, 6.45) is 2.21. The third-order valence-corrected chi connectivity index (χ3v) is 4.39. The van der Waals surface area contributed by atoms with E-state index in [0.717, 1.165) is 17.7 Å². The molecule has 1 aromatic heterocycles. The maximum absolute atomic E-state index is 6.06. The van der Waals surface area contributed by atoms with E-state index in [2.05, 4.69) is 58.6 Å². The summed E-state index contributed by atoms with van der Waals surface area (Å²) in [5.41, 5.74) is 11.1. The summed E-state index contributed by atoms with van der Waals surface area (Å²) in [6.45, 7) is 2.08. The molecular weight excluding hydrogens is 310 g/mol. The minimum Gasteiger partial charge on any atom is -0.382 e. The number of rotatable bonds is 2. The molecule has 1 atom stereocenters. The van der Waals surface area contributed by atoms with Crippen LogP contribution in [0.25, 0.3) is 0 Å². The number of nitrogen functional groups attached to an aromatic ring is 1. The van der Waals surface area contributed by atoms with Gasteiger partial charge in [0.25, 0.3) is 0 Å². The molecule has 1 aliphatic heterocycles. The van der Waals surface area contributed by atoms with Gasteiger partial charge in [-0.2, -0.15) is 0 Å². The maximum atomic E-state index is 6.06. The van der Waals surface area contributed by atoms with Crippen molar-refractivity contribution in [2.24, 2.45) is 4.99 Å². The van der Waals surface area contributed by atoms with Gasteiger partial charge in [0, 0.05) is 6.42 Å². The first-order chi connectivity index (χ1) is 12.2. The number of aromatic nitrogens is 2. The Labute approximate surface area is 146 Å². The van der Waals surface area contributed by atoms with Gasteiger partial charge in [0.15, 0.2) is 11.6 Å². The van der Waals surface area contributed by atoms with Gasteiger partial charge >= 0.3 is 0 Å². The zero-order chi connectivity index (χ0) is 17.2. The third-order valence-electron chi connectivity index (χ3n) is 4.39. The SMILES string of the molecule is Cc1ccc(C2=Nc3c(N)ncnc3NC(c3ccccc3)C2)cc1. The molecular formula is C20H19N5. The standard InChI is InChI=1S/C20H19N5/c1-13-7-9-15(10-8-13)16-11-17(14-5-3-2-4-6-14)25-20-18(24-16)19(21)22-12-23-20/h2-10,12,17H,11H2,1H3,(H3,21,22,23,25). The normalized spacial score (nSPS) is 16.4. The van der Waals surface area contributed by atoms with Crippen molar-refractivity contribution in [3.05, 3.63) is 77.6 Å². The summed E-state index contributed by atoms with van der Waals surface area (Å²) in [5.74, 6) is 1.05. The van der Waals surface area contributed by atoms with Gasteiger partial charge in [-0.25, -0.2) is 15.0 Å². The number of hydrogen-bond acceptors (Lipinski definition) is 5. The number of nitrogens with two attached hydrogens (primary N) is 1. The van der Waals surface area contributed by atoms with E-state index >= 15 is 0 Å². The van der Waals surface area contributed by atoms with Crippen LogP contribution in [0, 0.1) is 6.92 Å². The van der Waals surface area contributed by atoms with Crippen LogP contribution in [0.4, 0.5) is 17.3 Å². The molecule has 0 aliphatic carbocycles. The van der Waals surface area contributed by atoms with Crippen LogP contribution in [0.1, 0.15) is 29.2 Å². The van der Waals surface area contributed by atoms with E-state index in [9.17, 15) is 0 Å². The molecule has 0 spiro atoms. The lowest BCUT2D eigenvalue weighted by Gasteiger charge is -2.18. The van der Waals surface area contributed by atoms with Gasteiger partial charge < -0.3 is 11.1 Å². The molecule has 0 fully saturated rings. The Bertz CT molecular complexity index is 917. The van der Waals surface area contributed by atoms with Crippen molar-refractivity contribution in [2.45, 2.75) is 19.4 Å². The van der Waals surface area contributed by atoms with E-state index in [1.54, 1.807) is 0 Å². The highest BCUT2D eigenvalue weighted by molar-refractivity contribution is 6.04. The molecule has 25 heavy (non-hydrogen) atoms. The topological polar surface area (TPSA) is 76.2 Å². The highest BCUT2D eigenvalue weighted by Gasteiger charge is 2.23. The van der Waals surface area contributed by atoms with Crippen molar-refractivity contribution in [3.8, 4) is 0 Å². The minimum atomic E-state index is 0.0665. The molecule has 124 valence electrons. The second kappa shape index (κ2) is 6.36. The fourth-order valence-corrected chi connectivity index (χ4v) is 3.01. The van der Waals surface area contributed by atoms with Gasteiger partial charge in [-0.15, -0.1) is 0 Å². The maximum Gasteiger partial charge on any atom is 0.158 e. The van der Waals surface area contributed by atoms with E-state index < -0.39 is 0 Å². The Morgan fingerprint density at radius 1 is 1.00 bits per heavy atom. The lowest BCUT2D eigenvalue weighted by atomic mass is 9.97. The number of benzene rings is 2. The van der Waals surface area contributed by atoms with Crippen LogP contribution in [0.15, 0.2) is 65.9 Å². The number of aryl methyl sites for hydroxylation is 1. The van der Waals surface area contributed by atoms with Crippen molar-refractivity contribution in [1.29, 1.82) is 0 Å². The molecule has 3 aromatic rings. The predicted molar refractivity (Wildman–Crippen MR) is 101 cm³/mol. The number of anilines is 2. The fourth-order valence-electron chi connectivity index (χ4n) is 3.01. The molecule has 3 N–H and O–H groups in total. The van der Waals surface area contributed by atoms with Crippen LogP contribution in [0.2, 0.25) is 0 Å². The van der Waals surface area contributed by atoms with Crippen LogP contribution in [0.5, 0.6) is 0 Å². The highest BCUT2D eigenvalue weighted by Crippen LogP contribution is 2.36. The second-order valence-corrected chi connectivity index (χ2v) is 6.19. The van der Waals surface area contributed by atoms with Crippen LogP contribution in [0.3, 0.4) is 0 Å². The number of aliphatic imine (C=N–C) groups is 1. The summed E-state index contributed by atoms with van der Waals surface area (Å²) >= 11 is 0. The van der Waals surface area contributed by atoms with E-state index in [1.807, 2.05) is 18.2 Å². The molecule has 0 saturated heterocycles. The quantitative estimate of drug-likeness (QED) is 0.744. The van der Waals surface area contributed by atoms with Crippen molar-refractivity contribution in [1.82, 2.24) is 9.97 Å². The van der Waals surface area contributed by atoms with Crippen molar-refractivity contribution in [2.75, 3.05) is 11.1 Å². The summed E-state index contributed by atoms with van der Waals surface area (Å²) < 4.78 is 0. The van der Waals surface area contributed by atoms with Crippen LogP contribution in [-0.4, -0.2) is 15.7 Å². The lowest BCUT2D eigenvalue weighted by Crippen LogP contribution is -2.15. The molecule has 0 amide bonds. The number of nitrogens with zero attached hydrogens (tertiary/aromatic N) is 3. The van der Waals surface area contributed by atoms with Crippen LogP contribution < -0.4 is 11.1 Å². The molecule has 1 unspecified atom stereocenters. The number of nitrogens with one attached hydrogen (secondary N) is 1. The molecule has 1 aliphatic rings. The molecule has 0 bridgehead atoms. The van der Waals surface area contributed by atoms with Gasteiger partial charge in [0.1, 0.15) is 12.0 Å². The van der Waals surface area contributed by atoms with Gasteiger partial charge in [-0.1, -0.05) is 60.2 Å².